The Morgan fingerprint density at radius 3 is 1.39 bits per heavy atom. The van der Waals surface area contributed by atoms with Gasteiger partial charge in [-0.15, -0.1) is 15.0 Å². The van der Waals surface area contributed by atoms with Crippen LogP contribution in [0.1, 0.15) is 159 Å². The van der Waals surface area contributed by atoms with Crippen molar-refractivity contribution in [3.8, 4) is 11.4 Å². The van der Waals surface area contributed by atoms with Crippen LogP contribution in [0.15, 0.2) is 30.3 Å². The molecule has 0 amide bonds. The van der Waals surface area contributed by atoms with Gasteiger partial charge >= 0.3 is 0 Å². The Balaban J connectivity index is 1.58. The normalized spacial score (nSPS) is 11.6. The summed E-state index contributed by atoms with van der Waals surface area (Å²) in [6, 6.07) is 10.0. The lowest BCUT2D eigenvalue weighted by atomic mass is 9.91. The van der Waals surface area contributed by atoms with Gasteiger partial charge in [0.05, 0.1) is 0 Å². The van der Waals surface area contributed by atoms with E-state index in [1.807, 2.05) is 24.3 Å². The van der Waals surface area contributed by atoms with Gasteiger partial charge in [-0.2, -0.15) is 0 Å². The number of hydrogen-bond acceptors (Lipinski definition) is 3. The molecule has 1 heterocycles. The molecule has 0 unspecified atom stereocenters. The third-order valence-corrected chi connectivity index (χ3v) is 8.78. The SMILES string of the molecule is CCCCCCCCCCCCc1c(C)cc(-n2nc3ccccc3n2)c(O)c1CCCCCCCCCCCC. The maximum atomic E-state index is 11.6. The lowest BCUT2D eigenvalue weighted by molar-refractivity contribution is 0.456. The fourth-order valence-corrected chi connectivity index (χ4v) is 6.21. The number of phenolic OH excluding ortho intramolecular Hbond substituents is 1. The molecule has 1 N–H and O–H groups in total. The molecule has 228 valence electrons. The third kappa shape index (κ3) is 11.4. The van der Waals surface area contributed by atoms with Gasteiger partial charge in [0.2, 0.25) is 0 Å². The smallest absolute Gasteiger partial charge is 0.146 e. The molecule has 4 heteroatoms. The summed E-state index contributed by atoms with van der Waals surface area (Å²) in [5, 5.41) is 20.9. The molecule has 0 fully saturated rings. The van der Waals surface area contributed by atoms with Crippen LogP contribution in [-0.4, -0.2) is 20.1 Å². The first-order chi connectivity index (χ1) is 20.2. The second-order valence-electron chi connectivity index (χ2n) is 12.4. The molecule has 3 aromatic rings. The Hall–Kier alpha value is -2.36. The van der Waals surface area contributed by atoms with Crippen molar-refractivity contribution >= 4 is 11.0 Å². The van der Waals surface area contributed by atoms with Gasteiger partial charge in [0, 0.05) is 0 Å². The van der Waals surface area contributed by atoms with Crippen LogP contribution in [0.2, 0.25) is 0 Å². The summed E-state index contributed by atoms with van der Waals surface area (Å²) in [6.07, 6.45) is 28.7. The van der Waals surface area contributed by atoms with E-state index in [1.165, 1.54) is 133 Å². The maximum Gasteiger partial charge on any atom is 0.146 e. The highest BCUT2D eigenvalue weighted by atomic mass is 16.3. The minimum absolute atomic E-state index is 0.383. The number of hydrogen-bond donors (Lipinski definition) is 1. The molecule has 41 heavy (non-hydrogen) atoms. The number of phenols is 1. The highest BCUT2D eigenvalue weighted by Gasteiger charge is 2.18. The van der Waals surface area contributed by atoms with Crippen molar-refractivity contribution in [1.29, 1.82) is 0 Å². The van der Waals surface area contributed by atoms with Crippen molar-refractivity contribution in [3.63, 3.8) is 0 Å². The first kappa shape index (κ1) is 33.1. The summed E-state index contributed by atoms with van der Waals surface area (Å²) in [5.41, 5.74) is 6.19. The number of unbranched alkanes of at least 4 members (excludes halogenated alkanes) is 18. The van der Waals surface area contributed by atoms with Crippen molar-refractivity contribution < 1.29 is 5.11 Å². The number of rotatable bonds is 23. The van der Waals surface area contributed by atoms with Gasteiger partial charge in [-0.25, -0.2) is 0 Å². The van der Waals surface area contributed by atoms with E-state index in [0.29, 0.717) is 11.4 Å². The summed E-state index contributed by atoms with van der Waals surface area (Å²) in [4.78, 5) is 1.64. The topological polar surface area (TPSA) is 50.9 Å². The molecule has 0 radical (unpaired) electrons. The van der Waals surface area contributed by atoms with Gasteiger partial charge in [-0.3, -0.25) is 0 Å². The minimum atomic E-state index is 0.383. The molecule has 2 aromatic carbocycles. The molecule has 0 atom stereocenters. The van der Waals surface area contributed by atoms with Crippen LogP contribution in [-0.2, 0) is 12.8 Å². The first-order valence-corrected chi connectivity index (χ1v) is 17.3. The van der Waals surface area contributed by atoms with E-state index in [4.69, 9.17) is 0 Å². The first-order valence-electron chi connectivity index (χ1n) is 17.3. The Kier molecular flexibility index (Phi) is 15.9. The molecule has 0 bridgehead atoms. The number of aryl methyl sites for hydroxylation is 1. The van der Waals surface area contributed by atoms with Gasteiger partial charge in [-0.1, -0.05) is 142 Å². The summed E-state index contributed by atoms with van der Waals surface area (Å²) in [7, 11) is 0. The predicted octanol–water partition coefficient (Wildman–Crippen LogP) is 11.4. The van der Waals surface area contributed by atoms with Crippen LogP contribution in [0.25, 0.3) is 16.7 Å². The standard InChI is InChI=1S/C37H59N3O/c1-4-6-8-10-12-14-16-18-20-22-26-32-31(3)30-36(40-38-34-28-24-25-29-35(34)39-40)37(41)33(32)27-23-21-19-17-15-13-11-9-7-5-2/h24-25,28-30,41H,4-23,26-27H2,1-3H3. The monoisotopic (exact) mass is 561 g/mol. The highest BCUT2D eigenvalue weighted by molar-refractivity contribution is 5.74. The highest BCUT2D eigenvalue weighted by Crippen LogP contribution is 2.34. The lowest BCUT2D eigenvalue weighted by Crippen LogP contribution is -2.06. The number of benzene rings is 2. The zero-order valence-electron chi connectivity index (χ0n) is 26.7. The van der Waals surface area contributed by atoms with Crippen molar-refractivity contribution in [1.82, 2.24) is 15.0 Å². The second kappa shape index (κ2) is 19.7. The molecular formula is C37H59N3O. The zero-order chi connectivity index (χ0) is 29.1. The predicted molar refractivity (Wildman–Crippen MR) is 176 cm³/mol. The van der Waals surface area contributed by atoms with Crippen molar-refractivity contribution in [2.75, 3.05) is 0 Å². The molecule has 0 aliphatic carbocycles. The van der Waals surface area contributed by atoms with Gasteiger partial charge in [0.1, 0.15) is 22.5 Å². The van der Waals surface area contributed by atoms with E-state index in [-0.39, 0.29) is 0 Å². The number of aromatic nitrogens is 3. The Bertz CT molecular complexity index is 1090. The summed E-state index contributed by atoms with van der Waals surface area (Å²) < 4.78 is 0. The Morgan fingerprint density at radius 2 is 0.951 bits per heavy atom. The van der Waals surface area contributed by atoms with Gasteiger partial charge in [-0.05, 0) is 67.5 Å². The van der Waals surface area contributed by atoms with Crippen molar-refractivity contribution in [2.45, 2.75) is 162 Å². The molecular weight excluding hydrogens is 502 g/mol. The fourth-order valence-electron chi connectivity index (χ4n) is 6.21. The van der Waals surface area contributed by atoms with Gasteiger partial charge in [0.15, 0.2) is 0 Å². The van der Waals surface area contributed by atoms with Crippen molar-refractivity contribution in [2.24, 2.45) is 0 Å². The largest absolute Gasteiger partial charge is 0.505 e. The molecule has 4 nitrogen and oxygen atoms in total. The van der Waals surface area contributed by atoms with Gasteiger partial charge in [0.25, 0.3) is 0 Å². The molecule has 0 aliphatic heterocycles. The van der Waals surface area contributed by atoms with Crippen molar-refractivity contribution in [3.05, 3.63) is 47.0 Å². The molecule has 0 aliphatic rings. The second-order valence-corrected chi connectivity index (χ2v) is 12.4. The fraction of sp³-hybridized carbons (Fsp3) is 0.676. The third-order valence-electron chi connectivity index (χ3n) is 8.78. The molecule has 0 saturated heterocycles. The molecule has 1 aromatic heterocycles. The number of aromatic hydroxyl groups is 1. The van der Waals surface area contributed by atoms with Crippen LogP contribution in [0.5, 0.6) is 5.75 Å². The average Bonchev–Trinajstić information content (AvgIpc) is 3.41. The summed E-state index contributed by atoms with van der Waals surface area (Å²) >= 11 is 0. The Labute approximate surface area is 251 Å². The van der Waals surface area contributed by atoms with Crippen LogP contribution in [0.3, 0.4) is 0 Å². The lowest BCUT2D eigenvalue weighted by Gasteiger charge is -2.18. The van der Waals surface area contributed by atoms with Crippen LogP contribution >= 0.6 is 0 Å². The van der Waals surface area contributed by atoms with E-state index >= 15 is 0 Å². The van der Waals surface area contributed by atoms with E-state index in [1.54, 1.807) is 4.80 Å². The van der Waals surface area contributed by atoms with E-state index in [0.717, 1.165) is 35.9 Å². The van der Waals surface area contributed by atoms with E-state index in [9.17, 15) is 5.11 Å². The zero-order valence-corrected chi connectivity index (χ0v) is 26.7. The quantitative estimate of drug-likeness (QED) is 0.117. The molecule has 0 spiro atoms. The van der Waals surface area contributed by atoms with Gasteiger partial charge < -0.3 is 5.11 Å². The van der Waals surface area contributed by atoms with E-state index < -0.39 is 0 Å². The summed E-state index contributed by atoms with van der Waals surface area (Å²) in [6.45, 7) is 6.78. The number of fused-ring (bicyclic) bond motifs is 1. The number of nitrogens with zero attached hydrogens (tertiary/aromatic N) is 3. The van der Waals surface area contributed by atoms with E-state index in [2.05, 4.69) is 37.0 Å². The Morgan fingerprint density at radius 1 is 0.561 bits per heavy atom. The molecule has 3 rings (SSSR count). The summed E-state index contributed by atoms with van der Waals surface area (Å²) in [5.74, 6) is 0.383. The maximum absolute atomic E-state index is 11.6. The van der Waals surface area contributed by atoms with Crippen LogP contribution in [0.4, 0.5) is 0 Å². The minimum Gasteiger partial charge on any atom is -0.505 e. The average molecular weight is 562 g/mol. The van der Waals surface area contributed by atoms with Crippen LogP contribution in [0, 0.1) is 6.92 Å². The molecule has 0 saturated carbocycles. The van der Waals surface area contributed by atoms with Crippen LogP contribution < -0.4 is 0 Å².